The molecule has 0 bridgehead atoms. The SMILES string of the molecule is CCNC(=NCc1cccc(C#N)c1)NCc1ccccc1Cl. The Morgan fingerprint density at radius 1 is 1.17 bits per heavy atom. The van der Waals surface area contributed by atoms with Crippen LogP contribution in [-0.2, 0) is 13.1 Å². The molecule has 2 rings (SSSR count). The summed E-state index contributed by atoms with van der Waals surface area (Å²) < 4.78 is 0. The minimum Gasteiger partial charge on any atom is -0.357 e. The molecular weight excluding hydrogens is 308 g/mol. The molecule has 0 aromatic heterocycles. The molecule has 2 N–H and O–H groups in total. The number of hydrogen-bond donors (Lipinski definition) is 2. The van der Waals surface area contributed by atoms with Gasteiger partial charge in [-0.15, -0.1) is 0 Å². The highest BCUT2D eigenvalue weighted by atomic mass is 35.5. The Labute approximate surface area is 141 Å². The third-order valence-electron chi connectivity index (χ3n) is 3.22. The van der Waals surface area contributed by atoms with Gasteiger partial charge in [0.25, 0.3) is 0 Å². The summed E-state index contributed by atoms with van der Waals surface area (Å²) in [6, 6.07) is 17.3. The van der Waals surface area contributed by atoms with Crippen molar-refractivity contribution in [3.8, 4) is 6.07 Å². The van der Waals surface area contributed by atoms with Crippen LogP contribution in [0.5, 0.6) is 0 Å². The normalized spacial score (nSPS) is 10.9. The van der Waals surface area contributed by atoms with Crippen molar-refractivity contribution in [2.75, 3.05) is 6.54 Å². The van der Waals surface area contributed by atoms with E-state index in [0.717, 1.165) is 28.7 Å². The summed E-state index contributed by atoms with van der Waals surface area (Å²) in [6.45, 7) is 3.90. The molecule has 2 aromatic rings. The molecular formula is C18H19ClN4. The molecule has 2 aromatic carbocycles. The third kappa shape index (κ3) is 5.32. The molecule has 0 saturated carbocycles. The maximum Gasteiger partial charge on any atom is 0.191 e. The second-order valence-electron chi connectivity index (χ2n) is 4.95. The highest BCUT2D eigenvalue weighted by Gasteiger charge is 2.02. The quantitative estimate of drug-likeness (QED) is 0.653. The number of guanidine groups is 1. The molecule has 0 aliphatic carbocycles. The van der Waals surface area contributed by atoms with Crippen molar-refractivity contribution in [1.82, 2.24) is 10.6 Å². The highest BCUT2D eigenvalue weighted by Crippen LogP contribution is 2.14. The number of hydrogen-bond acceptors (Lipinski definition) is 2. The van der Waals surface area contributed by atoms with Gasteiger partial charge in [-0.3, -0.25) is 0 Å². The average Bonchev–Trinajstić information content (AvgIpc) is 2.59. The zero-order valence-electron chi connectivity index (χ0n) is 13.0. The number of halogens is 1. The van der Waals surface area contributed by atoms with E-state index in [1.807, 2.05) is 49.4 Å². The fourth-order valence-electron chi connectivity index (χ4n) is 2.07. The van der Waals surface area contributed by atoms with Crippen molar-refractivity contribution in [1.29, 1.82) is 5.26 Å². The van der Waals surface area contributed by atoms with Gasteiger partial charge >= 0.3 is 0 Å². The van der Waals surface area contributed by atoms with Gasteiger partial charge in [-0.1, -0.05) is 41.9 Å². The van der Waals surface area contributed by atoms with Crippen molar-refractivity contribution < 1.29 is 0 Å². The van der Waals surface area contributed by atoms with Crippen LogP contribution in [0.2, 0.25) is 5.02 Å². The Balaban J connectivity index is 2.02. The number of nitrogens with zero attached hydrogens (tertiary/aromatic N) is 2. The zero-order chi connectivity index (χ0) is 16.5. The molecule has 4 nitrogen and oxygen atoms in total. The second-order valence-corrected chi connectivity index (χ2v) is 5.36. The Morgan fingerprint density at radius 3 is 2.74 bits per heavy atom. The van der Waals surface area contributed by atoms with Gasteiger partial charge in [0.05, 0.1) is 18.2 Å². The molecule has 0 saturated heterocycles. The van der Waals surface area contributed by atoms with Crippen molar-refractivity contribution in [3.05, 3.63) is 70.2 Å². The number of nitrogens with one attached hydrogen (secondary N) is 2. The molecule has 0 amide bonds. The fraction of sp³-hybridized carbons (Fsp3) is 0.222. The summed E-state index contributed by atoms with van der Waals surface area (Å²) >= 11 is 6.16. The monoisotopic (exact) mass is 326 g/mol. The van der Waals surface area contributed by atoms with Crippen LogP contribution in [0.25, 0.3) is 0 Å². The van der Waals surface area contributed by atoms with Gasteiger partial charge in [0.1, 0.15) is 0 Å². The minimum absolute atomic E-state index is 0.507. The van der Waals surface area contributed by atoms with Crippen LogP contribution >= 0.6 is 11.6 Å². The van der Waals surface area contributed by atoms with E-state index in [4.69, 9.17) is 16.9 Å². The predicted octanol–water partition coefficient (Wildman–Crippen LogP) is 3.47. The molecule has 0 heterocycles. The summed E-state index contributed by atoms with van der Waals surface area (Å²) in [7, 11) is 0. The maximum absolute atomic E-state index is 8.94. The standard InChI is InChI=1S/C18H19ClN4/c1-2-21-18(23-13-16-8-3-4-9-17(16)19)22-12-15-7-5-6-14(10-15)11-20/h3-10H,2,12-13H2,1H3,(H2,21,22,23). The van der Waals surface area contributed by atoms with Crippen LogP contribution in [0, 0.1) is 11.3 Å². The van der Waals surface area contributed by atoms with Crippen molar-refractivity contribution in [2.24, 2.45) is 4.99 Å². The summed E-state index contributed by atoms with van der Waals surface area (Å²) in [5.41, 5.74) is 2.66. The molecule has 0 aliphatic rings. The molecule has 5 heteroatoms. The van der Waals surface area contributed by atoms with E-state index in [9.17, 15) is 0 Å². The molecule has 118 valence electrons. The van der Waals surface area contributed by atoms with E-state index in [1.165, 1.54) is 0 Å². The van der Waals surface area contributed by atoms with Gasteiger partial charge in [-0.25, -0.2) is 4.99 Å². The van der Waals surface area contributed by atoms with Crippen molar-refractivity contribution in [3.63, 3.8) is 0 Å². The van der Waals surface area contributed by atoms with E-state index in [1.54, 1.807) is 6.07 Å². The molecule has 0 spiro atoms. The first kappa shape index (κ1) is 16.9. The number of aliphatic imine (C=N–C) groups is 1. The van der Waals surface area contributed by atoms with Gasteiger partial charge < -0.3 is 10.6 Å². The summed E-state index contributed by atoms with van der Waals surface area (Å²) in [5, 5.41) is 16.1. The van der Waals surface area contributed by atoms with Crippen LogP contribution in [0.15, 0.2) is 53.5 Å². The van der Waals surface area contributed by atoms with Gasteiger partial charge in [0.2, 0.25) is 0 Å². The number of benzene rings is 2. The summed E-state index contributed by atoms with van der Waals surface area (Å²) in [4.78, 5) is 4.55. The molecule has 0 radical (unpaired) electrons. The van der Waals surface area contributed by atoms with Crippen LogP contribution in [0.3, 0.4) is 0 Å². The van der Waals surface area contributed by atoms with Crippen molar-refractivity contribution >= 4 is 17.6 Å². The molecule has 0 unspecified atom stereocenters. The minimum atomic E-state index is 0.507. The lowest BCUT2D eigenvalue weighted by molar-refractivity contribution is 0.816. The van der Waals surface area contributed by atoms with Crippen LogP contribution in [-0.4, -0.2) is 12.5 Å². The molecule has 0 fully saturated rings. The maximum atomic E-state index is 8.94. The van der Waals surface area contributed by atoms with E-state index >= 15 is 0 Å². The molecule has 0 aliphatic heterocycles. The third-order valence-corrected chi connectivity index (χ3v) is 3.59. The first-order chi connectivity index (χ1) is 11.2. The van der Waals surface area contributed by atoms with Crippen LogP contribution in [0.1, 0.15) is 23.6 Å². The van der Waals surface area contributed by atoms with Crippen LogP contribution in [0.4, 0.5) is 0 Å². The lowest BCUT2D eigenvalue weighted by Crippen LogP contribution is -2.36. The topological polar surface area (TPSA) is 60.2 Å². The average molecular weight is 327 g/mol. The lowest BCUT2D eigenvalue weighted by atomic mass is 10.1. The first-order valence-electron chi connectivity index (χ1n) is 7.47. The summed E-state index contributed by atoms with van der Waals surface area (Å²) in [6.07, 6.45) is 0. The van der Waals surface area contributed by atoms with Gasteiger partial charge in [0, 0.05) is 18.1 Å². The first-order valence-corrected chi connectivity index (χ1v) is 7.85. The van der Waals surface area contributed by atoms with Crippen molar-refractivity contribution in [2.45, 2.75) is 20.0 Å². The fourth-order valence-corrected chi connectivity index (χ4v) is 2.27. The molecule has 0 atom stereocenters. The van der Waals surface area contributed by atoms with E-state index in [0.29, 0.717) is 18.7 Å². The number of rotatable bonds is 5. The lowest BCUT2D eigenvalue weighted by Gasteiger charge is -2.12. The van der Waals surface area contributed by atoms with Gasteiger partial charge in [-0.05, 0) is 36.2 Å². The van der Waals surface area contributed by atoms with Gasteiger partial charge in [0.15, 0.2) is 5.96 Å². The number of nitriles is 1. The smallest absolute Gasteiger partial charge is 0.191 e. The Hall–Kier alpha value is -2.51. The zero-order valence-corrected chi connectivity index (χ0v) is 13.8. The highest BCUT2D eigenvalue weighted by molar-refractivity contribution is 6.31. The Kier molecular flexibility index (Phi) is 6.46. The van der Waals surface area contributed by atoms with E-state index < -0.39 is 0 Å². The molecule has 23 heavy (non-hydrogen) atoms. The van der Waals surface area contributed by atoms with E-state index in [-0.39, 0.29) is 0 Å². The van der Waals surface area contributed by atoms with Gasteiger partial charge in [-0.2, -0.15) is 5.26 Å². The second kappa shape index (κ2) is 8.82. The Bertz CT molecular complexity index is 719. The van der Waals surface area contributed by atoms with Crippen LogP contribution < -0.4 is 10.6 Å². The van der Waals surface area contributed by atoms with E-state index in [2.05, 4.69) is 21.7 Å². The Morgan fingerprint density at radius 2 is 2.00 bits per heavy atom. The largest absolute Gasteiger partial charge is 0.357 e. The summed E-state index contributed by atoms with van der Waals surface area (Å²) in [5.74, 6) is 0.717. The predicted molar refractivity (Wildman–Crippen MR) is 94.3 cm³/mol.